The lowest BCUT2D eigenvalue weighted by atomic mass is 9.91. The summed E-state index contributed by atoms with van der Waals surface area (Å²) in [4.78, 5) is 25.2. The van der Waals surface area contributed by atoms with Crippen molar-refractivity contribution < 1.29 is 14.3 Å². The molecule has 194 valence electrons. The van der Waals surface area contributed by atoms with E-state index in [1.165, 1.54) is 0 Å². The van der Waals surface area contributed by atoms with Crippen LogP contribution in [0.15, 0.2) is 30.7 Å². The Morgan fingerprint density at radius 3 is 2.42 bits per heavy atom. The number of imidazole rings is 1. The summed E-state index contributed by atoms with van der Waals surface area (Å²) >= 11 is 0. The van der Waals surface area contributed by atoms with Crippen molar-refractivity contribution in [2.24, 2.45) is 5.92 Å². The topological polar surface area (TPSA) is 116 Å². The fourth-order valence-corrected chi connectivity index (χ4v) is 4.12. The highest BCUT2D eigenvalue weighted by Gasteiger charge is 2.25. The standard InChI is InChI=1S/C26H37N7O3/c1-17(2)12-13-35-24-28-14-18(15-29-24)21-16-27-23-11-10-22(32-33(21)23)30-19-6-8-20(9-7-19)31-25(34)36-26(3,4)5/h10-11,14-17,19-20H,6-9,12-13H2,1-5H3,(H,30,32)(H,31,34). The Hall–Kier alpha value is -3.43. The zero-order valence-corrected chi connectivity index (χ0v) is 21.8. The van der Waals surface area contributed by atoms with Crippen LogP contribution in [0.25, 0.3) is 16.9 Å². The first-order valence-corrected chi connectivity index (χ1v) is 12.7. The number of hydrogen-bond acceptors (Lipinski definition) is 8. The zero-order valence-electron chi connectivity index (χ0n) is 21.8. The number of anilines is 1. The van der Waals surface area contributed by atoms with Gasteiger partial charge in [-0.05, 0) is 70.9 Å². The molecule has 0 aliphatic heterocycles. The average molecular weight is 496 g/mol. The number of fused-ring (bicyclic) bond motifs is 1. The molecule has 0 atom stereocenters. The summed E-state index contributed by atoms with van der Waals surface area (Å²) in [6, 6.07) is 4.67. The van der Waals surface area contributed by atoms with Gasteiger partial charge in [-0.1, -0.05) is 13.8 Å². The van der Waals surface area contributed by atoms with Crippen molar-refractivity contribution in [3.05, 3.63) is 30.7 Å². The SMILES string of the molecule is CC(C)CCOc1ncc(-c2cnc3ccc(NC4CCC(NC(=O)OC(C)(C)C)CC4)nn23)cn1. The van der Waals surface area contributed by atoms with Crippen LogP contribution >= 0.6 is 0 Å². The van der Waals surface area contributed by atoms with E-state index in [-0.39, 0.29) is 18.2 Å². The van der Waals surface area contributed by atoms with Crippen molar-refractivity contribution in [2.75, 3.05) is 11.9 Å². The third-order valence-corrected chi connectivity index (χ3v) is 6.01. The molecule has 4 rings (SSSR count). The number of amides is 1. The fourth-order valence-electron chi connectivity index (χ4n) is 4.12. The van der Waals surface area contributed by atoms with Gasteiger partial charge in [0.1, 0.15) is 11.4 Å². The van der Waals surface area contributed by atoms with Crippen LogP contribution in [-0.4, -0.2) is 55.0 Å². The Labute approximate surface area is 212 Å². The first-order chi connectivity index (χ1) is 17.2. The molecule has 1 amide bonds. The zero-order chi connectivity index (χ0) is 25.7. The summed E-state index contributed by atoms with van der Waals surface area (Å²) in [5.74, 6) is 1.35. The molecule has 0 radical (unpaired) electrons. The second-order valence-corrected chi connectivity index (χ2v) is 10.8. The van der Waals surface area contributed by atoms with Gasteiger partial charge in [0.25, 0.3) is 0 Å². The number of alkyl carbamates (subject to hydrolysis) is 1. The van der Waals surface area contributed by atoms with Gasteiger partial charge >= 0.3 is 12.1 Å². The molecular formula is C26H37N7O3. The van der Waals surface area contributed by atoms with Crippen LogP contribution in [0.5, 0.6) is 6.01 Å². The molecule has 1 saturated carbocycles. The number of carbonyl (C=O) groups is 1. The van der Waals surface area contributed by atoms with Gasteiger partial charge in [-0.15, -0.1) is 5.10 Å². The number of nitrogens with zero attached hydrogens (tertiary/aromatic N) is 5. The van der Waals surface area contributed by atoms with Crippen LogP contribution in [0.2, 0.25) is 0 Å². The predicted molar refractivity (Wildman–Crippen MR) is 138 cm³/mol. The first kappa shape index (κ1) is 25.7. The molecule has 10 heteroatoms. The summed E-state index contributed by atoms with van der Waals surface area (Å²) in [6.45, 7) is 10.5. The molecule has 0 aromatic carbocycles. The van der Waals surface area contributed by atoms with E-state index in [0.717, 1.165) is 54.8 Å². The van der Waals surface area contributed by atoms with E-state index in [1.54, 1.807) is 23.1 Å². The van der Waals surface area contributed by atoms with Gasteiger partial charge in [-0.2, -0.15) is 0 Å². The maximum atomic E-state index is 12.1. The van der Waals surface area contributed by atoms with Gasteiger partial charge in [0.15, 0.2) is 5.65 Å². The van der Waals surface area contributed by atoms with Crippen molar-refractivity contribution in [2.45, 2.75) is 84.4 Å². The summed E-state index contributed by atoms with van der Waals surface area (Å²) in [5.41, 5.74) is 1.89. The third-order valence-electron chi connectivity index (χ3n) is 6.01. The Morgan fingerprint density at radius 1 is 1.06 bits per heavy atom. The molecule has 3 aromatic heterocycles. The number of hydrogen-bond donors (Lipinski definition) is 2. The normalized spacial score (nSPS) is 18.3. The molecule has 36 heavy (non-hydrogen) atoms. The minimum Gasteiger partial charge on any atom is -0.463 e. The molecule has 1 aliphatic carbocycles. The molecule has 0 spiro atoms. The Bertz CT molecular complexity index is 1150. The first-order valence-electron chi connectivity index (χ1n) is 12.7. The lowest BCUT2D eigenvalue weighted by Crippen LogP contribution is -2.42. The minimum atomic E-state index is -0.491. The third kappa shape index (κ3) is 7.05. The van der Waals surface area contributed by atoms with E-state index in [1.807, 2.05) is 32.9 Å². The molecule has 1 aliphatic rings. The number of aromatic nitrogens is 5. The predicted octanol–water partition coefficient (Wildman–Crippen LogP) is 4.86. The average Bonchev–Trinajstić information content (AvgIpc) is 3.23. The van der Waals surface area contributed by atoms with E-state index in [2.05, 4.69) is 39.4 Å². The summed E-state index contributed by atoms with van der Waals surface area (Å²) in [6.07, 6.45) is 9.50. The van der Waals surface area contributed by atoms with E-state index < -0.39 is 5.60 Å². The molecule has 0 saturated heterocycles. The molecule has 10 nitrogen and oxygen atoms in total. The van der Waals surface area contributed by atoms with Gasteiger partial charge in [0.05, 0.1) is 18.5 Å². The molecule has 0 unspecified atom stereocenters. The van der Waals surface area contributed by atoms with E-state index in [9.17, 15) is 4.79 Å². The van der Waals surface area contributed by atoms with Crippen molar-refractivity contribution in [1.29, 1.82) is 0 Å². The lowest BCUT2D eigenvalue weighted by Gasteiger charge is -2.30. The lowest BCUT2D eigenvalue weighted by molar-refractivity contribution is 0.0492. The largest absolute Gasteiger partial charge is 0.463 e. The molecular weight excluding hydrogens is 458 g/mol. The maximum absolute atomic E-state index is 12.1. The van der Waals surface area contributed by atoms with Crippen molar-refractivity contribution >= 4 is 17.6 Å². The van der Waals surface area contributed by atoms with Crippen molar-refractivity contribution in [1.82, 2.24) is 29.9 Å². The van der Waals surface area contributed by atoms with Crippen molar-refractivity contribution in [3.8, 4) is 17.3 Å². The number of carbonyl (C=O) groups excluding carboxylic acids is 1. The Kier molecular flexibility index (Phi) is 7.91. The molecule has 2 N–H and O–H groups in total. The fraction of sp³-hybridized carbons (Fsp3) is 0.577. The molecule has 0 bridgehead atoms. The number of nitrogens with one attached hydrogen (secondary N) is 2. The van der Waals surface area contributed by atoms with Crippen LogP contribution in [-0.2, 0) is 4.74 Å². The second-order valence-electron chi connectivity index (χ2n) is 10.8. The van der Waals surface area contributed by atoms with Crippen LogP contribution in [0.3, 0.4) is 0 Å². The minimum absolute atomic E-state index is 0.130. The van der Waals surface area contributed by atoms with Crippen LogP contribution in [0.4, 0.5) is 10.6 Å². The molecule has 3 aromatic rings. The smallest absolute Gasteiger partial charge is 0.407 e. The number of ether oxygens (including phenoxy) is 2. The van der Waals surface area contributed by atoms with Crippen molar-refractivity contribution in [3.63, 3.8) is 0 Å². The van der Waals surface area contributed by atoms with Gasteiger partial charge < -0.3 is 20.1 Å². The highest BCUT2D eigenvalue weighted by molar-refractivity contribution is 5.68. The highest BCUT2D eigenvalue weighted by Crippen LogP contribution is 2.24. The van der Waals surface area contributed by atoms with Crippen LogP contribution in [0.1, 0.15) is 66.7 Å². The van der Waals surface area contributed by atoms with E-state index >= 15 is 0 Å². The van der Waals surface area contributed by atoms with Crippen LogP contribution < -0.4 is 15.4 Å². The molecule has 3 heterocycles. The summed E-state index contributed by atoms with van der Waals surface area (Å²) in [7, 11) is 0. The Balaban J connectivity index is 1.35. The second kappa shape index (κ2) is 11.1. The summed E-state index contributed by atoms with van der Waals surface area (Å²) < 4.78 is 12.8. The van der Waals surface area contributed by atoms with Gasteiger partial charge in [-0.25, -0.2) is 24.3 Å². The van der Waals surface area contributed by atoms with Gasteiger partial charge in [0, 0.05) is 30.0 Å². The number of rotatable bonds is 8. The van der Waals surface area contributed by atoms with E-state index in [4.69, 9.17) is 14.6 Å². The van der Waals surface area contributed by atoms with E-state index in [0.29, 0.717) is 18.5 Å². The highest BCUT2D eigenvalue weighted by atomic mass is 16.6. The quantitative estimate of drug-likeness (QED) is 0.455. The molecule has 1 fully saturated rings. The maximum Gasteiger partial charge on any atom is 0.407 e. The Morgan fingerprint density at radius 2 is 1.75 bits per heavy atom. The van der Waals surface area contributed by atoms with Gasteiger partial charge in [0.2, 0.25) is 0 Å². The monoisotopic (exact) mass is 495 g/mol. The van der Waals surface area contributed by atoms with Gasteiger partial charge in [-0.3, -0.25) is 0 Å². The van der Waals surface area contributed by atoms with Crippen LogP contribution in [0, 0.1) is 5.92 Å². The summed E-state index contributed by atoms with van der Waals surface area (Å²) in [5, 5.41) is 11.3.